The summed E-state index contributed by atoms with van der Waals surface area (Å²) in [5, 5.41) is 22.8. The van der Waals surface area contributed by atoms with E-state index in [1.54, 1.807) is 0 Å². The number of methoxy groups -OCH3 is 1. The van der Waals surface area contributed by atoms with E-state index in [1.165, 1.54) is 25.3 Å². The molecule has 1 aliphatic heterocycles. The highest BCUT2D eigenvalue weighted by atomic mass is 16.6. The van der Waals surface area contributed by atoms with Crippen LogP contribution < -0.4 is 14.8 Å². The highest BCUT2D eigenvalue weighted by Gasteiger charge is 2.43. The van der Waals surface area contributed by atoms with Crippen molar-refractivity contribution in [2.45, 2.75) is 12.0 Å². The van der Waals surface area contributed by atoms with Gasteiger partial charge in [-0.15, -0.1) is 0 Å². The average Bonchev–Trinajstić information content (AvgIpc) is 2.35. The molecule has 0 aliphatic carbocycles. The van der Waals surface area contributed by atoms with E-state index < -0.39 is 16.5 Å². The van der Waals surface area contributed by atoms with Gasteiger partial charge in [0.1, 0.15) is 11.4 Å². The van der Waals surface area contributed by atoms with Crippen LogP contribution in [0, 0.1) is 10.1 Å². The molecule has 0 bridgehead atoms. The van der Waals surface area contributed by atoms with Crippen molar-refractivity contribution in [2.75, 3.05) is 20.2 Å². The SMILES string of the molecule is COc1ccc([N+](=O)[O-])c(OC2(CC(=O)O)CNC2)c1. The second-order valence-corrected chi connectivity index (χ2v) is 4.55. The number of nitro groups is 1. The minimum absolute atomic E-state index is 0.0112. The van der Waals surface area contributed by atoms with Gasteiger partial charge in [-0.25, -0.2) is 0 Å². The lowest BCUT2D eigenvalue weighted by Crippen LogP contribution is -2.64. The molecule has 1 fully saturated rings. The van der Waals surface area contributed by atoms with Gasteiger partial charge in [0.05, 0.1) is 18.5 Å². The van der Waals surface area contributed by atoms with E-state index in [0.29, 0.717) is 18.8 Å². The fourth-order valence-corrected chi connectivity index (χ4v) is 2.00. The van der Waals surface area contributed by atoms with Crippen LogP contribution in [0.25, 0.3) is 0 Å². The summed E-state index contributed by atoms with van der Waals surface area (Å²) >= 11 is 0. The Morgan fingerprint density at radius 3 is 2.70 bits per heavy atom. The maximum atomic E-state index is 11.0. The number of hydrogen-bond acceptors (Lipinski definition) is 6. The smallest absolute Gasteiger partial charge is 0.311 e. The summed E-state index contributed by atoms with van der Waals surface area (Å²) in [6.07, 6.45) is -0.228. The van der Waals surface area contributed by atoms with Crippen molar-refractivity contribution in [1.82, 2.24) is 5.32 Å². The van der Waals surface area contributed by atoms with Gasteiger partial charge in [0.25, 0.3) is 0 Å². The zero-order chi connectivity index (χ0) is 14.8. The minimum atomic E-state index is -1.02. The van der Waals surface area contributed by atoms with Crippen LogP contribution in [0.3, 0.4) is 0 Å². The zero-order valence-electron chi connectivity index (χ0n) is 10.8. The number of aliphatic carboxylic acids is 1. The molecule has 2 rings (SSSR count). The zero-order valence-corrected chi connectivity index (χ0v) is 10.8. The maximum Gasteiger partial charge on any atom is 0.311 e. The van der Waals surface area contributed by atoms with Gasteiger partial charge < -0.3 is 19.9 Å². The van der Waals surface area contributed by atoms with E-state index in [-0.39, 0.29) is 17.9 Å². The Hall–Kier alpha value is -2.35. The Morgan fingerprint density at radius 2 is 2.25 bits per heavy atom. The number of ether oxygens (including phenoxy) is 2. The van der Waals surface area contributed by atoms with E-state index >= 15 is 0 Å². The summed E-state index contributed by atoms with van der Waals surface area (Å²) in [6, 6.07) is 4.11. The molecule has 1 heterocycles. The van der Waals surface area contributed by atoms with Crippen molar-refractivity contribution in [3.63, 3.8) is 0 Å². The van der Waals surface area contributed by atoms with Crippen molar-refractivity contribution >= 4 is 11.7 Å². The van der Waals surface area contributed by atoms with Crippen LogP contribution >= 0.6 is 0 Å². The minimum Gasteiger partial charge on any atom is -0.497 e. The van der Waals surface area contributed by atoms with Gasteiger partial charge in [0.15, 0.2) is 0 Å². The number of nitrogens with zero attached hydrogens (tertiary/aromatic N) is 1. The van der Waals surface area contributed by atoms with Crippen molar-refractivity contribution < 1.29 is 24.3 Å². The number of carboxylic acid groups (broad SMARTS) is 1. The average molecular weight is 282 g/mol. The molecule has 1 saturated heterocycles. The van der Waals surface area contributed by atoms with Crippen molar-refractivity contribution in [3.05, 3.63) is 28.3 Å². The standard InChI is InChI=1S/C12H14N2O6/c1-19-8-2-3-9(14(17)18)10(4-8)20-12(5-11(15)16)6-13-7-12/h2-4,13H,5-7H2,1H3,(H,15,16). The summed E-state index contributed by atoms with van der Waals surface area (Å²) in [7, 11) is 1.43. The first-order valence-corrected chi connectivity index (χ1v) is 5.90. The number of nitrogens with one attached hydrogen (secondary N) is 1. The normalized spacial score (nSPS) is 16.1. The lowest BCUT2D eigenvalue weighted by molar-refractivity contribution is -0.386. The number of nitro benzene ring substituents is 1. The van der Waals surface area contributed by atoms with Crippen LogP contribution in [0.15, 0.2) is 18.2 Å². The molecule has 1 aromatic carbocycles. The molecule has 8 heteroatoms. The number of rotatable bonds is 6. The Morgan fingerprint density at radius 1 is 1.55 bits per heavy atom. The van der Waals surface area contributed by atoms with Gasteiger partial charge in [0.2, 0.25) is 5.75 Å². The lowest BCUT2D eigenvalue weighted by atomic mass is 9.92. The summed E-state index contributed by atoms with van der Waals surface area (Å²) in [5.74, 6) is -0.600. The largest absolute Gasteiger partial charge is 0.497 e. The molecule has 0 unspecified atom stereocenters. The van der Waals surface area contributed by atoms with Gasteiger partial charge in [-0.3, -0.25) is 14.9 Å². The Bertz CT molecular complexity index is 541. The molecule has 20 heavy (non-hydrogen) atoms. The van der Waals surface area contributed by atoms with E-state index in [1.807, 2.05) is 0 Å². The molecule has 2 N–H and O–H groups in total. The topological polar surface area (TPSA) is 111 Å². The molecule has 1 aliphatic rings. The molecule has 108 valence electrons. The molecular weight excluding hydrogens is 268 g/mol. The molecule has 0 radical (unpaired) electrons. The predicted molar refractivity (Wildman–Crippen MR) is 68.1 cm³/mol. The van der Waals surface area contributed by atoms with Crippen molar-refractivity contribution in [2.24, 2.45) is 0 Å². The summed E-state index contributed by atoms with van der Waals surface area (Å²) in [6.45, 7) is 0.654. The Balaban J connectivity index is 2.30. The van der Waals surface area contributed by atoms with Crippen LogP contribution in [0.5, 0.6) is 11.5 Å². The van der Waals surface area contributed by atoms with Crippen molar-refractivity contribution in [1.29, 1.82) is 0 Å². The van der Waals surface area contributed by atoms with Gasteiger partial charge in [-0.05, 0) is 6.07 Å². The first-order chi connectivity index (χ1) is 9.46. The van der Waals surface area contributed by atoms with Crippen LogP contribution in [0.1, 0.15) is 6.42 Å². The molecule has 1 aromatic rings. The quantitative estimate of drug-likeness (QED) is 0.586. The Labute approximate surface area is 114 Å². The molecule has 0 spiro atoms. The summed E-state index contributed by atoms with van der Waals surface area (Å²) in [4.78, 5) is 21.3. The van der Waals surface area contributed by atoms with Crippen molar-refractivity contribution in [3.8, 4) is 11.5 Å². The monoisotopic (exact) mass is 282 g/mol. The van der Waals surface area contributed by atoms with Gasteiger partial charge in [0, 0.05) is 25.2 Å². The number of carbonyl (C=O) groups is 1. The van der Waals surface area contributed by atoms with Gasteiger partial charge >= 0.3 is 11.7 Å². The third-order valence-corrected chi connectivity index (χ3v) is 3.06. The lowest BCUT2D eigenvalue weighted by Gasteiger charge is -2.41. The van der Waals surface area contributed by atoms with E-state index in [0.717, 1.165) is 0 Å². The third-order valence-electron chi connectivity index (χ3n) is 3.06. The second kappa shape index (κ2) is 5.33. The predicted octanol–water partition coefficient (Wildman–Crippen LogP) is 0.799. The second-order valence-electron chi connectivity index (χ2n) is 4.55. The summed E-state index contributed by atoms with van der Waals surface area (Å²) < 4.78 is 10.6. The van der Waals surface area contributed by atoms with Gasteiger partial charge in [-0.1, -0.05) is 0 Å². The molecule has 0 atom stereocenters. The molecule has 0 aromatic heterocycles. The van der Waals surface area contributed by atoms with E-state index in [9.17, 15) is 14.9 Å². The maximum absolute atomic E-state index is 11.0. The first kappa shape index (κ1) is 14.1. The highest BCUT2D eigenvalue weighted by molar-refractivity contribution is 5.69. The highest BCUT2D eigenvalue weighted by Crippen LogP contribution is 2.35. The fraction of sp³-hybridized carbons (Fsp3) is 0.417. The van der Waals surface area contributed by atoms with E-state index in [2.05, 4.69) is 5.32 Å². The molecule has 8 nitrogen and oxygen atoms in total. The molecule has 0 amide bonds. The van der Waals surface area contributed by atoms with E-state index in [4.69, 9.17) is 14.6 Å². The third kappa shape index (κ3) is 2.80. The Kier molecular flexibility index (Phi) is 3.75. The van der Waals surface area contributed by atoms with Crippen LogP contribution in [0.2, 0.25) is 0 Å². The first-order valence-electron chi connectivity index (χ1n) is 5.90. The molecular formula is C12H14N2O6. The fourth-order valence-electron chi connectivity index (χ4n) is 2.00. The van der Waals surface area contributed by atoms with Crippen LogP contribution in [-0.2, 0) is 4.79 Å². The summed E-state index contributed by atoms with van der Waals surface area (Å²) in [5.41, 5.74) is -1.18. The van der Waals surface area contributed by atoms with Crippen LogP contribution in [-0.4, -0.2) is 41.8 Å². The number of benzene rings is 1. The number of hydrogen-bond donors (Lipinski definition) is 2. The van der Waals surface area contributed by atoms with Crippen LogP contribution in [0.4, 0.5) is 5.69 Å². The molecule has 0 saturated carbocycles. The number of carboxylic acids is 1. The van der Waals surface area contributed by atoms with Gasteiger partial charge in [-0.2, -0.15) is 0 Å².